The Kier molecular flexibility index (Phi) is 8.53. The van der Waals surface area contributed by atoms with Crippen molar-refractivity contribution in [2.24, 2.45) is 0 Å². The molecule has 138 valence electrons. The molecule has 2 rings (SSSR count). The summed E-state index contributed by atoms with van der Waals surface area (Å²) in [6.45, 7) is 8.39. The molecule has 2 N–H and O–H groups in total. The van der Waals surface area contributed by atoms with Crippen molar-refractivity contribution in [2.45, 2.75) is 52.5 Å². The van der Waals surface area contributed by atoms with Crippen LogP contribution in [0.15, 0.2) is 35.9 Å². The predicted octanol–water partition coefficient (Wildman–Crippen LogP) is 3.95. The van der Waals surface area contributed by atoms with Crippen molar-refractivity contribution in [1.29, 1.82) is 0 Å². The van der Waals surface area contributed by atoms with Crippen molar-refractivity contribution in [3.63, 3.8) is 0 Å². The quantitative estimate of drug-likeness (QED) is 0.632. The minimum absolute atomic E-state index is 0.0639. The van der Waals surface area contributed by atoms with E-state index < -0.39 is 0 Å². The van der Waals surface area contributed by atoms with Gasteiger partial charge in [-0.05, 0) is 56.8 Å². The Morgan fingerprint density at radius 3 is 2.68 bits per heavy atom. The van der Waals surface area contributed by atoms with Gasteiger partial charge in [-0.2, -0.15) is 0 Å². The van der Waals surface area contributed by atoms with E-state index in [1.54, 1.807) is 0 Å². The number of para-hydroxylation sites is 1. The van der Waals surface area contributed by atoms with Crippen molar-refractivity contribution in [3.05, 3.63) is 41.5 Å². The highest BCUT2D eigenvalue weighted by Gasteiger charge is 2.08. The summed E-state index contributed by atoms with van der Waals surface area (Å²) in [7, 11) is 0. The summed E-state index contributed by atoms with van der Waals surface area (Å²) in [5, 5.41) is 6.33. The maximum absolute atomic E-state index is 12.1. The van der Waals surface area contributed by atoms with Gasteiger partial charge in [0.1, 0.15) is 0 Å². The Hall–Kier alpha value is -1.81. The minimum Gasteiger partial charge on any atom is -0.376 e. The topological polar surface area (TPSA) is 44.4 Å². The van der Waals surface area contributed by atoms with Gasteiger partial charge in [-0.3, -0.25) is 9.69 Å². The van der Waals surface area contributed by atoms with Gasteiger partial charge in [-0.1, -0.05) is 43.7 Å². The second kappa shape index (κ2) is 10.9. The zero-order valence-electron chi connectivity index (χ0n) is 15.8. The molecule has 1 amide bonds. The maximum Gasteiger partial charge on any atom is 0.239 e. The smallest absolute Gasteiger partial charge is 0.239 e. The van der Waals surface area contributed by atoms with Crippen LogP contribution in [-0.2, 0) is 11.3 Å². The molecule has 0 heterocycles. The lowest BCUT2D eigenvalue weighted by molar-refractivity contribution is -0.119. The minimum atomic E-state index is 0.0639. The molecule has 0 spiro atoms. The first-order valence-corrected chi connectivity index (χ1v) is 9.71. The maximum atomic E-state index is 12.1. The van der Waals surface area contributed by atoms with Gasteiger partial charge < -0.3 is 10.6 Å². The molecule has 1 aliphatic rings. The zero-order valence-corrected chi connectivity index (χ0v) is 15.8. The third-order valence-corrected chi connectivity index (χ3v) is 4.90. The largest absolute Gasteiger partial charge is 0.376 e. The molecule has 1 aliphatic carbocycles. The number of hydrogen-bond acceptors (Lipinski definition) is 3. The highest BCUT2D eigenvalue weighted by atomic mass is 16.1. The van der Waals surface area contributed by atoms with Crippen molar-refractivity contribution in [3.8, 4) is 0 Å². The summed E-state index contributed by atoms with van der Waals surface area (Å²) >= 11 is 0. The third-order valence-electron chi connectivity index (χ3n) is 4.90. The fourth-order valence-electron chi connectivity index (χ4n) is 3.25. The first-order chi connectivity index (χ1) is 12.2. The fraction of sp³-hybridized carbons (Fsp3) is 0.571. The predicted molar refractivity (Wildman–Crippen MR) is 106 cm³/mol. The SMILES string of the molecule is CCN(CC)Cc1ccccc1NCC(=O)NCCC1=CCCCC1. The number of carbonyl (C=O) groups excluding carboxylic acids is 1. The van der Waals surface area contributed by atoms with Crippen LogP contribution in [0.3, 0.4) is 0 Å². The summed E-state index contributed by atoms with van der Waals surface area (Å²) in [4.78, 5) is 14.5. The molecule has 0 bridgehead atoms. The van der Waals surface area contributed by atoms with Crippen molar-refractivity contribution in [1.82, 2.24) is 10.2 Å². The average Bonchev–Trinajstić information content (AvgIpc) is 2.66. The molecule has 0 radical (unpaired) electrons. The van der Waals surface area contributed by atoms with Crippen LogP contribution in [0.5, 0.6) is 0 Å². The number of benzene rings is 1. The second-order valence-electron chi connectivity index (χ2n) is 6.68. The Morgan fingerprint density at radius 1 is 1.16 bits per heavy atom. The Bertz CT molecular complexity index is 564. The lowest BCUT2D eigenvalue weighted by Crippen LogP contribution is -2.31. The molecule has 0 aliphatic heterocycles. The van der Waals surface area contributed by atoms with Crippen LogP contribution in [0.4, 0.5) is 5.69 Å². The summed E-state index contributed by atoms with van der Waals surface area (Å²) in [6, 6.07) is 8.26. The molecule has 1 aromatic carbocycles. The Labute approximate surface area is 152 Å². The number of allylic oxidation sites excluding steroid dienone is 1. The van der Waals surface area contributed by atoms with Gasteiger partial charge in [0.2, 0.25) is 5.91 Å². The van der Waals surface area contributed by atoms with E-state index >= 15 is 0 Å². The number of amides is 1. The number of anilines is 1. The van der Waals surface area contributed by atoms with Gasteiger partial charge >= 0.3 is 0 Å². The van der Waals surface area contributed by atoms with Gasteiger partial charge in [0, 0.05) is 18.8 Å². The monoisotopic (exact) mass is 343 g/mol. The van der Waals surface area contributed by atoms with Crippen molar-refractivity contribution < 1.29 is 4.79 Å². The van der Waals surface area contributed by atoms with Crippen molar-refractivity contribution in [2.75, 3.05) is 31.5 Å². The Morgan fingerprint density at radius 2 is 1.96 bits per heavy atom. The van der Waals surface area contributed by atoms with Gasteiger partial charge in [-0.25, -0.2) is 0 Å². The molecule has 4 nitrogen and oxygen atoms in total. The molecule has 0 saturated carbocycles. The molecule has 1 aromatic rings. The molecular weight excluding hydrogens is 310 g/mol. The van der Waals surface area contributed by atoms with Gasteiger partial charge in [-0.15, -0.1) is 0 Å². The van der Waals surface area contributed by atoms with Crippen LogP contribution in [-0.4, -0.2) is 37.0 Å². The number of rotatable bonds is 10. The molecular formula is C21H33N3O. The molecule has 4 heteroatoms. The number of carbonyl (C=O) groups is 1. The van der Waals surface area contributed by atoms with Crippen LogP contribution in [0.1, 0.15) is 51.5 Å². The van der Waals surface area contributed by atoms with E-state index in [1.165, 1.54) is 36.8 Å². The molecule has 0 atom stereocenters. The normalized spacial score (nSPS) is 14.3. The lowest BCUT2D eigenvalue weighted by atomic mass is 9.97. The van der Waals surface area contributed by atoms with E-state index in [9.17, 15) is 4.79 Å². The summed E-state index contributed by atoms with van der Waals surface area (Å²) in [5.74, 6) is 0.0639. The van der Waals surface area contributed by atoms with E-state index in [0.29, 0.717) is 6.54 Å². The number of hydrogen-bond donors (Lipinski definition) is 2. The summed E-state index contributed by atoms with van der Waals surface area (Å²) < 4.78 is 0. The number of nitrogens with zero attached hydrogens (tertiary/aromatic N) is 1. The molecule has 25 heavy (non-hydrogen) atoms. The van der Waals surface area contributed by atoms with Crippen LogP contribution >= 0.6 is 0 Å². The van der Waals surface area contributed by atoms with E-state index in [-0.39, 0.29) is 5.91 Å². The highest BCUT2D eigenvalue weighted by Crippen LogP contribution is 2.19. The third kappa shape index (κ3) is 6.91. The van der Waals surface area contributed by atoms with E-state index in [4.69, 9.17) is 0 Å². The highest BCUT2D eigenvalue weighted by molar-refractivity contribution is 5.80. The first kappa shape index (κ1) is 19.5. The van der Waals surface area contributed by atoms with Gasteiger partial charge in [0.25, 0.3) is 0 Å². The summed E-state index contributed by atoms with van der Waals surface area (Å²) in [6.07, 6.45) is 8.35. The Balaban J connectivity index is 1.76. The van der Waals surface area contributed by atoms with E-state index in [2.05, 4.69) is 53.7 Å². The summed E-state index contributed by atoms with van der Waals surface area (Å²) in [5.41, 5.74) is 3.80. The van der Waals surface area contributed by atoms with Crippen LogP contribution in [0.2, 0.25) is 0 Å². The second-order valence-corrected chi connectivity index (χ2v) is 6.68. The van der Waals surface area contributed by atoms with Crippen LogP contribution in [0, 0.1) is 0 Å². The van der Waals surface area contributed by atoms with Crippen molar-refractivity contribution >= 4 is 11.6 Å². The molecule has 0 unspecified atom stereocenters. The van der Waals surface area contributed by atoms with E-state index in [1.807, 2.05) is 6.07 Å². The van der Waals surface area contributed by atoms with Crippen LogP contribution < -0.4 is 10.6 Å². The zero-order chi connectivity index (χ0) is 17.9. The standard InChI is InChI=1S/C21H33N3O/c1-3-24(4-2)17-19-12-8-9-13-20(19)23-16-21(25)22-15-14-18-10-6-5-7-11-18/h8-10,12-13,23H,3-7,11,14-17H2,1-2H3,(H,22,25). The lowest BCUT2D eigenvalue weighted by Gasteiger charge is -2.20. The molecule has 0 saturated heterocycles. The van der Waals surface area contributed by atoms with Crippen LogP contribution in [0.25, 0.3) is 0 Å². The molecule has 0 aromatic heterocycles. The fourth-order valence-corrected chi connectivity index (χ4v) is 3.25. The number of nitrogens with one attached hydrogen (secondary N) is 2. The first-order valence-electron chi connectivity index (χ1n) is 9.71. The van der Waals surface area contributed by atoms with Gasteiger partial charge in [0.15, 0.2) is 0 Å². The molecule has 0 fully saturated rings. The van der Waals surface area contributed by atoms with E-state index in [0.717, 1.165) is 38.3 Å². The average molecular weight is 344 g/mol. The van der Waals surface area contributed by atoms with Gasteiger partial charge in [0.05, 0.1) is 6.54 Å².